The van der Waals surface area contributed by atoms with E-state index in [-0.39, 0.29) is 12.1 Å². The van der Waals surface area contributed by atoms with Crippen LogP contribution in [-0.4, -0.2) is 27.4 Å². The van der Waals surface area contributed by atoms with Crippen molar-refractivity contribution < 1.29 is 9.18 Å². The van der Waals surface area contributed by atoms with Gasteiger partial charge in [-0.3, -0.25) is 14.2 Å². The van der Waals surface area contributed by atoms with E-state index in [1.54, 1.807) is 49.6 Å². The zero-order valence-electron chi connectivity index (χ0n) is 16.5. The Bertz CT molecular complexity index is 1270. The number of amides is 1. The molecule has 0 radical (unpaired) electrons. The standard InChI is InChI=1S/C24H20FN3O2/c1-27(15-17-8-3-2-4-9-17)23(29)20-14-18-11-7-13-26-22(18)28(24(20)30)16-19-10-5-6-12-21(19)25/h2-14H,15-16H2,1H3. The quantitative estimate of drug-likeness (QED) is 0.510. The van der Waals surface area contributed by atoms with Gasteiger partial charge in [0.1, 0.15) is 17.0 Å². The predicted octanol–water partition coefficient (Wildman–Crippen LogP) is 3.86. The van der Waals surface area contributed by atoms with Crippen LogP contribution >= 0.6 is 0 Å². The minimum absolute atomic E-state index is 0.0114. The highest BCUT2D eigenvalue weighted by molar-refractivity contribution is 5.96. The summed E-state index contributed by atoms with van der Waals surface area (Å²) in [4.78, 5) is 32.2. The number of rotatable bonds is 5. The highest BCUT2D eigenvalue weighted by Gasteiger charge is 2.20. The molecular weight excluding hydrogens is 381 g/mol. The average molecular weight is 401 g/mol. The summed E-state index contributed by atoms with van der Waals surface area (Å²) in [6.45, 7) is 0.361. The second-order valence-electron chi connectivity index (χ2n) is 7.10. The highest BCUT2D eigenvalue weighted by Crippen LogP contribution is 2.16. The summed E-state index contributed by atoms with van der Waals surface area (Å²) in [6.07, 6.45) is 1.57. The van der Waals surface area contributed by atoms with Crippen LogP contribution in [0.4, 0.5) is 4.39 Å². The van der Waals surface area contributed by atoms with Crippen molar-refractivity contribution in [3.63, 3.8) is 0 Å². The fourth-order valence-corrected chi connectivity index (χ4v) is 3.44. The van der Waals surface area contributed by atoms with E-state index >= 15 is 0 Å². The molecule has 0 saturated carbocycles. The summed E-state index contributed by atoms with van der Waals surface area (Å²) in [5.74, 6) is -0.803. The molecule has 0 aliphatic rings. The number of nitrogens with zero attached hydrogens (tertiary/aromatic N) is 3. The van der Waals surface area contributed by atoms with Gasteiger partial charge in [-0.2, -0.15) is 0 Å². The Kier molecular flexibility index (Phi) is 5.39. The third-order valence-electron chi connectivity index (χ3n) is 4.97. The molecule has 2 aromatic heterocycles. The smallest absolute Gasteiger partial charge is 0.265 e. The van der Waals surface area contributed by atoms with Gasteiger partial charge in [0.15, 0.2) is 0 Å². The molecule has 6 heteroatoms. The first kappa shape index (κ1) is 19.5. The number of halogens is 1. The van der Waals surface area contributed by atoms with Gasteiger partial charge < -0.3 is 4.90 Å². The lowest BCUT2D eigenvalue weighted by atomic mass is 10.1. The highest BCUT2D eigenvalue weighted by atomic mass is 19.1. The van der Waals surface area contributed by atoms with Crippen LogP contribution in [0.3, 0.4) is 0 Å². The summed E-state index contributed by atoms with van der Waals surface area (Å²) >= 11 is 0. The van der Waals surface area contributed by atoms with E-state index in [0.29, 0.717) is 23.1 Å². The van der Waals surface area contributed by atoms with Gasteiger partial charge in [0, 0.05) is 30.7 Å². The van der Waals surface area contributed by atoms with Gasteiger partial charge >= 0.3 is 0 Å². The number of carbonyl (C=O) groups excluding carboxylic acids is 1. The number of fused-ring (bicyclic) bond motifs is 1. The zero-order chi connectivity index (χ0) is 21.1. The van der Waals surface area contributed by atoms with E-state index in [1.165, 1.54) is 15.5 Å². The molecule has 2 heterocycles. The van der Waals surface area contributed by atoms with Crippen molar-refractivity contribution in [3.8, 4) is 0 Å². The molecule has 0 saturated heterocycles. The largest absolute Gasteiger partial charge is 0.337 e. The van der Waals surface area contributed by atoms with Crippen molar-refractivity contribution in [2.45, 2.75) is 13.1 Å². The van der Waals surface area contributed by atoms with Crippen LogP contribution in [0.25, 0.3) is 11.0 Å². The van der Waals surface area contributed by atoms with Gasteiger partial charge in [0.05, 0.1) is 6.54 Å². The molecule has 1 amide bonds. The second kappa shape index (κ2) is 8.29. The molecule has 0 N–H and O–H groups in total. The number of hydrogen-bond acceptors (Lipinski definition) is 3. The van der Waals surface area contributed by atoms with E-state index in [0.717, 1.165) is 5.56 Å². The molecule has 150 valence electrons. The number of carbonyl (C=O) groups is 1. The fraction of sp³-hybridized carbons (Fsp3) is 0.125. The van der Waals surface area contributed by atoms with E-state index in [1.807, 2.05) is 30.3 Å². The Hall–Kier alpha value is -3.80. The van der Waals surface area contributed by atoms with Crippen LogP contribution < -0.4 is 5.56 Å². The van der Waals surface area contributed by atoms with Crippen molar-refractivity contribution in [1.82, 2.24) is 14.5 Å². The molecule has 0 fully saturated rings. The van der Waals surface area contributed by atoms with Gasteiger partial charge in [-0.25, -0.2) is 9.37 Å². The maximum atomic E-state index is 14.2. The Balaban J connectivity index is 1.77. The Morgan fingerprint density at radius 1 is 1.03 bits per heavy atom. The van der Waals surface area contributed by atoms with Crippen LogP contribution in [0, 0.1) is 5.82 Å². The van der Waals surface area contributed by atoms with Crippen LogP contribution in [0.2, 0.25) is 0 Å². The van der Waals surface area contributed by atoms with E-state index in [2.05, 4.69) is 4.98 Å². The van der Waals surface area contributed by atoms with E-state index in [9.17, 15) is 14.0 Å². The van der Waals surface area contributed by atoms with Crippen LogP contribution in [-0.2, 0) is 13.1 Å². The summed E-state index contributed by atoms with van der Waals surface area (Å²) in [7, 11) is 1.66. The summed E-state index contributed by atoms with van der Waals surface area (Å²) in [5.41, 5.74) is 1.27. The van der Waals surface area contributed by atoms with Gasteiger partial charge in [0.25, 0.3) is 11.5 Å². The summed E-state index contributed by atoms with van der Waals surface area (Å²) < 4.78 is 15.6. The lowest BCUT2D eigenvalue weighted by Crippen LogP contribution is -2.34. The van der Waals surface area contributed by atoms with Crippen molar-refractivity contribution >= 4 is 16.9 Å². The molecule has 0 unspecified atom stereocenters. The molecule has 0 aliphatic carbocycles. The molecular formula is C24H20FN3O2. The second-order valence-corrected chi connectivity index (χ2v) is 7.10. The maximum Gasteiger partial charge on any atom is 0.265 e. The molecule has 5 nitrogen and oxygen atoms in total. The lowest BCUT2D eigenvalue weighted by Gasteiger charge is -2.18. The van der Waals surface area contributed by atoms with Crippen molar-refractivity contribution in [2.75, 3.05) is 7.05 Å². The average Bonchev–Trinajstić information content (AvgIpc) is 2.77. The third-order valence-corrected chi connectivity index (χ3v) is 4.97. The van der Waals surface area contributed by atoms with Gasteiger partial charge in [-0.1, -0.05) is 48.5 Å². The minimum atomic E-state index is -0.491. The van der Waals surface area contributed by atoms with Gasteiger partial charge in [-0.05, 0) is 29.8 Å². The molecule has 0 bridgehead atoms. The van der Waals surface area contributed by atoms with E-state index < -0.39 is 17.3 Å². The molecule has 0 aliphatic heterocycles. The number of pyridine rings is 2. The van der Waals surface area contributed by atoms with Crippen molar-refractivity contribution in [1.29, 1.82) is 0 Å². The molecule has 2 aromatic carbocycles. The first-order chi connectivity index (χ1) is 14.5. The normalized spacial score (nSPS) is 10.9. The Morgan fingerprint density at radius 3 is 2.53 bits per heavy atom. The Morgan fingerprint density at radius 2 is 1.77 bits per heavy atom. The number of aromatic nitrogens is 2. The van der Waals surface area contributed by atoms with Crippen molar-refractivity contribution in [2.24, 2.45) is 0 Å². The summed E-state index contributed by atoms with van der Waals surface area (Å²) in [5, 5.41) is 0.643. The number of hydrogen-bond donors (Lipinski definition) is 0. The molecule has 4 aromatic rings. The molecule has 0 atom stereocenters. The van der Waals surface area contributed by atoms with Gasteiger partial charge in [0.2, 0.25) is 0 Å². The molecule has 4 rings (SSSR count). The first-order valence-electron chi connectivity index (χ1n) is 9.56. The van der Waals surface area contributed by atoms with Gasteiger partial charge in [-0.15, -0.1) is 0 Å². The van der Waals surface area contributed by atoms with E-state index in [4.69, 9.17) is 0 Å². The summed E-state index contributed by atoms with van der Waals surface area (Å²) in [6, 6.07) is 20.9. The third kappa shape index (κ3) is 3.85. The van der Waals surface area contributed by atoms with Crippen LogP contribution in [0.15, 0.2) is 83.8 Å². The fourth-order valence-electron chi connectivity index (χ4n) is 3.44. The van der Waals surface area contributed by atoms with Crippen molar-refractivity contribution in [3.05, 3.63) is 112 Å². The van der Waals surface area contributed by atoms with Crippen LogP contribution in [0.1, 0.15) is 21.5 Å². The molecule has 0 spiro atoms. The monoisotopic (exact) mass is 401 g/mol. The SMILES string of the molecule is CN(Cc1ccccc1)C(=O)c1cc2cccnc2n(Cc2ccccc2F)c1=O. The topological polar surface area (TPSA) is 55.2 Å². The predicted molar refractivity (Wildman–Crippen MR) is 114 cm³/mol. The maximum absolute atomic E-state index is 14.2. The minimum Gasteiger partial charge on any atom is -0.337 e. The number of benzene rings is 2. The lowest BCUT2D eigenvalue weighted by molar-refractivity contribution is 0.0783. The van der Waals surface area contributed by atoms with Crippen LogP contribution in [0.5, 0.6) is 0 Å². The zero-order valence-corrected chi connectivity index (χ0v) is 16.5. The Labute approximate surface area is 173 Å². The first-order valence-corrected chi connectivity index (χ1v) is 9.56. The molecule has 30 heavy (non-hydrogen) atoms.